The molecule has 0 aliphatic carbocycles. The molecule has 3 nitrogen and oxygen atoms in total. The number of nitrogens with zero attached hydrogens (tertiary/aromatic N) is 1. The molecule has 1 aromatic carbocycles. The summed E-state index contributed by atoms with van der Waals surface area (Å²) in [6.45, 7) is 5.00. The van der Waals surface area contributed by atoms with E-state index in [1.54, 1.807) is 0 Å². The molecule has 1 aromatic rings. The van der Waals surface area contributed by atoms with Gasteiger partial charge in [0, 0.05) is 11.1 Å². The highest BCUT2D eigenvalue weighted by Crippen LogP contribution is 2.25. The Morgan fingerprint density at radius 1 is 1.32 bits per heavy atom. The Morgan fingerprint density at radius 3 is 2.32 bits per heavy atom. The predicted molar refractivity (Wildman–Crippen MR) is 81.2 cm³/mol. The Labute approximate surface area is 126 Å². The van der Waals surface area contributed by atoms with Gasteiger partial charge in [0.15, 0.2) is 0 Å². The number of carboxylic acid groups (broad SMARTS) is 1. The molecule has 0 aliphatic heterocycles. The molecule has 1 atom stereocenters. The van der Waals surface area contributed by atoms with Gasteiger partial charge < -0.3 is 5.11 Å². The van der Waals surface area contributed by atoms with Crippen LogP contribution in [0.1, 0.15) is 38.3 Å². The van der Waals surface area contributed by atoms with Crippen molar-refractivity contribution >= 4 is 30.0 Å². The van der Waals surface area contributed by atoms with E-state index in [0.717, 1.165) is 24.9 Å². The van der Waals surface area contributed by atoms with Crippen LogP contribution in [0.25, 0.3) is 0 Å². The van der Waals surface area contributed by atoms with Gasteiger partial charge in [0.05, 0.1) is 6.54 Å². The lowest BCUT2D eigenvalue weighted by molar-refractivity contribution is -0.139. The number of halogens is 2. The maximum absolute atomic E-state index is 10.9. The van der Waals surface area contributed by atoms with Gasteiger partial charge in [0.1, 0.15) is 0 Å². The normalized spacial score (nSPS) is 12.0. The smallest absolute Gasteiger partial charge is 0.317 e. The summed E-state index contributed by atoms with van der Waals surface area (Å²) < 4.78 is 0. The second kappa shape index (κ2) is 9.18. The van der Waals surface area contributed by atoms with E-state index >= 15 is 0 Å². The lowest BCUT2D eigenvalue weighted by Crippen LogP contribution is -2.34. The highest BCUT2D eigenvalue weighted by molar-refractivity contribution is 6.30. The largest absolute Gasteiger partial charge is 0.480 e. The molecule has 1 N–H and O–H groups in total. The SMILES string of the molecule is CCCN(CC(=O)O)C(CC)c1ccc(Cl)cc1.Cl. The fraction of sp³-hybridized carbons (Fsp3) is 0.500. The summed E-state index contributed by atoms with van der Waals surface area (Å²) in [4.78, 5) is 12.9. The average molecular weight is 306 g/mol. The molecule has 1 rings (SSSR count). The highest BCUT2D eigenvalue weighted by atomic mass is 35.5. The summed E-state index contributed by atoms with van der Waals surface area (Å²) >= 11 is 5.88. The third kappa shape index (κ3) is 5.81. The number of hydrogen-bond donors (Lipinski definition) is 1. The molecule has 0 bridgehead atoms. The minimum atomic E-state index is -0.782. The van der Waals surface area contributed by atoms with Crippen molar-refractivity contribution in [1.29, 1.82) is 0 Å². The van der Waals surface area contributed by atoms with Gasteiger partial charge in [-0.05, 0) is 37.1 Å². The van der Waals surface area contributed by atoms with Gasteiger partial charge in [-0.15, -0.1) is 12.4 Å². The van der Waals surface area contributed by atoms with Crippen molar-refractivity contribution in [1.82, 2.24) is 4.90 Å². The van der Waals surface area contributed by atoms with Crippen molar-refractivity contribution in [3.63, 3.8) is 0 Å². The minimum Gasteiger partial charge on any atom is -0.480 e. The Morgan fingerprint density at radius 2 is 1.89 bits per heavy atom. The van der Waals surface area contributed by atoms with E-state index in [2.05, 4.69) is 13.8 Å². The molecule has 0 fully saturated rings. The summed E-state index contributed by atoms with van der Waals surface area (Å²) in [5, 5.41) is 9.69. The second-order valence-electron chi connectivity index (χ2n) is 4.34. The Kier molecular flexibility index (Phi) is 8.81. The third-order valence-electron chi connectivity index (χ3n) is 2.93. The molecule has 0 radical (unpaired) electrons. The van der Waals surface area contributed by atoms with E-state index in [1.165, 1.54) is 0 Å². The summed E-state index contributed by atoms with van der Waals surface area (Å²) in [6.07, 6.45) is 1.83. The van der Waals surface area contributed by atoms with Gasteiger partial charge in [0.2, 0.25) is 0 Å². The molecule has 0 saturated heterocycles. The van der Waals surface area contributed by atoms with Crippen LogP contribution in [0.2, 0.25) is 5.02 Å². The zero-order valence-electron chi connectivity index (χ0n) is 11.3. The maximum atomic E-state index is 10.9. The van der Waals surface area contributed by atoms with Crippen LogP contribution in [0.15, 0.2) is 24.3 Å². The molecule has 1 unspecified atom stereocenters. The quantitative estimate of drug-likeness (QED) is 0.827. The third-order valence-corrected chi connectivity index (χ3v) is 3.18. The Balaban J connectivity index is 0.00000324. The van der Waals surface area contributed by atoms with Crippen molar-refractivity contribution in [2.45, 2.75) is 32.7 Å². The molecule has 0 aromatic heterocycles. The maximum Gasteiger partial charge on any atom is 0.317 e. The fourth-order valence-electron chi connectivity index (χ4n) is 2.20. The first-order valence-corrected chi connectivity index (χ1v) is 6.67. The first kappa shape index (κ1) is 18.2. The monoisotopic (exact) mass is 305 g/mol. The van der Waals surface area contributed by atoms with Gasteiger partial charge >= 0.3 is 5.97 Å². The first-order valence-electron chi connectivity index (χ1n) is 6.29. The molecule has 0 aliphatic rings. The summed E-state index contributed by atoms with van der Waals surface area (Å²) in [5.41, 5.74) is 1.12. The van der Waals surface area contributed by atoms with Crippen molar-refractivity contribution in [3.05, 3.63) is 34.9 Å². The zero-order valence-corrected chi connectivity index (χ0v) is 12.9. The van der Waals surface area contributed by atoms with E-state index < -0.39 is 5.97 Å². The van der Waals surface area contributed by atoms with E-state index in [-0.39, 0.29) is 25.0 Å². The Hall–Kier alpha value is -0.770. The number of hydrogen-bond acceptors (Lipinski definition) is 2. The molecule has 0 saturated carbocycles. The van der Waals surface area contributed by atoms with Gasteiger partial charge in [-0.1, -0.05) is 37.6 Å². The number of aliphatic carboxylic acids is 1. The van der Waals surface area contributed by atoms with Gasteiger partial charge in [-0.3, -0.25) is 9.69 Å². The van der Waals surface area contributed by atoms with E-state index in [1.807, 2.05) is 29.2 Å². The number of carbonyl (C=O) groups is 1. The second-order valence-corrected chi connectivity index (χ2v) is 4.78. The Bertz CT molecular complexity index is 382. The van der Waals surface area contributed by atoms with Crippen LogP contribution in [0.3, 0.4) is 0 Å². The van der Waals surface area contributed by atoms with Crippen LogP contribution >= 0.6 is 24.0 Å². The van der Waals surface area contributed by atoms with Gasteiger partial charge in [-0.2, -0.15) is 0 Å². The molecule has 0 amide bonds. The van der Waals surface area contributed by atoms with Crippen LogP contribution < -0.4 is 0 Å². The van der Waals surface area contributed by atoms with E-state index in [4.69, 9.17) is 16.7 Å². The molecule has 5 heteroatoms. The summed E-state index contributed by atoms with van der Waals surface area (Å²) in [7, 11) is 0. The van der Waals surface area contributed by atoms with Crippen LogP contribution in [0, 0.1) is 0 Å². The molecular weight excluding hydrogens is 285 g/mol. The van der Waals surface area contributed by atoms with Crippen LogP contribution in [0.5, 0.6) is 0 Å². The lowest BCUT2D eigenvalue weighted by Gasteiger charge is -2.29. The number of carboxylic acids is 1. The molecule has 0 heterocycles. The zero-order chi connectivity index (χ0) is 13.5. The number of benzene rings is 1. The van der Waals surface area contributed by atoms with Crippen molar-refractivity contribution in [3.8, 4) is 0 Å². The average Bonchev–Trinajstić information content (AvgIpc) is 2.32. The van der Waals surface area contributed by atoms with Crippen LogP contribution in [-0.4, -0.2) is 29.1 Å². The van der Waals surface area contributed by atoms with E-state index in [0.29, 0.717) is 5.02 Å². The summed E-state index contributed by atoms with van der Waals surface area (Å²) in [5.74, 6) is -0.782. The fourth-order valence-corrected chi connectivity index (χ4v) is 2.32. The lowest BCUT2D eigenvalue weighted by atomic mass is 10.0. The van der Waals surface area contributed by atoms with Gasteiger partial charge in [-0.25, -0.2) is 0 Å². The van der Waals surface area contributed by atoms with E-state index in [9.17, 15) is 4.79 Å². The standard InChI is InChI=1S/C14H20ClNO2.ClH/c1-3-9-16(10-14(17)18)13(4-2)11-5-7-12(15)8-6-11;/h5-8,13H,3-4,9-10H2,1-2H3,(H,17,18);1H. The molecule has 0 spiro atoms. The molecule has 19 heavy (non-hydrogen) atoms. The van der Waals surface area contributed by atoms with Crippen LogP contribution in [0.4, 0.5) is 0 Å². The topological polar surface area (TPSA) is 40.5 Å². The molecule has 108 valence electrons. The van der Waals surface area contributed by atoms with Crippen molar-refractivity contribution in [2.75, 3.05) is 13.1 Å². The van der Waals surface area contributed by atoms with Crippen molar-refractivity contribution < 1.29 is 9.90 Å². The minimum absolute atomic E-state index is 0. The predicted octanol–water partition coefficient (Wildman–Crippen LogP) is 4.01. The molecular formula is C14H21Cl2NO2. The van der Waals surface area contributed by atoms with Crippen LogP contribution in [-0.2, 0) is 4.79 Å². The highest BCUT2D eigenvalue weighted by Gasteiger charge is 2.20. The van der Waals surface area contributed by atoms with Crippen molar-refractivity contribution in [2.24, 2.45) is 0 Å². The van der Waals surface area contributed by atoms with Gasteiger partial charge in [0.25, 0.3) is 0 Å². The first-order chi connectivity index (χ1) is 8.58. The number of rotatable bonds is 7. The summed E-state index contributed by atoms with van der Waals surface area (Å²) in [6, 6.07) is 7.79.